The molecule has 0 spiro atoms. The van der Waals surface area contributed by atoms with Gasteiger partial charge in [0.25, 0.3) is 0 Å². The molecule has 152 valence electrons. The van der Waals surface area contributed by atoms with Gasteiger partial charge >= 0.3 is 5.97 Å². The zero-order chi connectivity index (χ0) is 20.4. The minimum absolute atomic E-state index is 0.00907. The highest BCUT2D eigenvalue weighted by Crippen LogP contribution is 2.33. The van der Waals surface area contributed by atoms with Crippen molar-refractivity contribution in [1.82, 2.24) is 0 Å². The fourth-order valence-corrected chi connectivity index (χ4v) is 3.20. The van der Waals surface area contributed by atoms with Crippen LogP contribution in [-0.4, -0.2) is 47.9 Å². The summed E-state index contributed by atoms with van der Waals surface area (Å²) in [6, 6.07) is 9.19. The lowest BCUT2D eigenvalue weighted by molar-refractivity contribution is -0.140. The maximum absolute atomic E-state index is 12.2. The van der Waals surface area contributed by atoms with Crippen molar-refractivity contribution in [3.63, 3.8) is 0 Å². The lowest BCUT2D eigenvalue weighted by Crippen LogP contribution is -2.20. The number of esters is 1. The molecule has 1 aliphatic carbocycles. The Morgan fingerprint density at radius 1 is 1.29 bits per heavy atom. The summed E-state index contributed by atoms with van der Waals surface area (Å²) in [5.41, 5.74) is 0. The van der Waals surface area contributed by atoms with Gasteiger partial charge in [0, 0.05) is 24.7 Å². The molecular weight excluding hydrogens is 360 g/mol. The Morgan fingerprint density at radius 2 is 2.04 bits per heavy atom. The molecule has 0 bridgehead atoms. The molecule has 1 aromatic rings. The van der Waals surface area contributed by atoms with E-state index in [1.807, 2.05) is 30.4 Å². The first-order valence-electron chi connectivity index (χ1n) is 9.48. The molecule has 1 fully saturated rings. The topological polar surface area (TPSA) is 93.1 Å². The van der Waals surface area contributed by atoms with Gasteiger partial charge in [0.1, 0.15) is 24.2 Å². The fourth-order valence-electron chi connectivity index (χ4n) is 3.20. The van der Waals surface area contributed by atoms with Crippen molar-refractivity contribution in [2.45, 2.75) is 37.9 Å². The number of rotatable bonds is 10. The summed E-state index contributed by atoms with van der Waals surface area (Å²) in [4.78, 5) is 23.3. The van der Waals surface area contributed by atoms with Crippen LogP contribution < -0.4 is 4.74 Å². The Labute approximate surface area is 165 Å². The van der Waals surface area contributed by atoms with Crippen molar-refractivity contribution in [3.05, 3.63) is 54.6 Å². The van der Waals surface area contributed by atoms with Crippen LogP contribution in [0.15, 0.2) is 54.6 Å². The molecule has 4 atom stereocenters. The van der Waals surface area contributed by atoms with Crippen LogP contribution in [0.2, 0.25) is 0 Å². The first kappa shape index (κ1) is 21.9. The SMILES string of the molecule is COC(=O)CC/C=C/C[C@H]1C(=O)CC(O)[C@@H]1/C=C/[C@H](O)COc1ccccc1. The van der Waals surface area contributed by atoms with E-state index in [1.54, 1.807) is 24.3 Å². The summed E-state index contributed by atoms with van der Waals surface area (Å²) in [6.07, 6.45) is 6.85. The zero-order valence-electron chi connectivity index (χ0n) is 16.1. The third-order valence-electron chi connectivity index (χ3n) is 4.75. The molecule has 6 heteroatoms. The normalized spacial score (nSPS) is 23.4. The van der Waals surface area contributed by atoms with Crippen molar-refractivity contribution >= 4 is 11.8 Å². The van der Waals surface area contributed by atoms with Gasteiger partial charge in [-0.3, -0.25) is 9.59 Å². The van der Waals surface area contributed by atoms with E-state index in [1.165, 1.54) is 7.11 Å². The van der Waals surface area contributed by atoms with Gasteiger partial charge in [-0.05, 0) is 25.0 Å². The number of aliphatic hydroxyl groups is 2. The Morgan fingerprint density at radius 3 is 2.75 bits per heavy atom. The number of carbonyl (C=O) groups excluding carboxylic acids is 2. The Balaban J connectivity index is 1.84. The maximum atomic E-state index is 12.2. The second-order valence-electron chi connectivity index (χ2n) is 6.82. The van der Waals surface area contributed by atoms with Gasteiger partial charge in [0.15, 0.2) is 0 Å². The maximum Gasteiger partial charge on any atom is 0.305 e. The summed E-state index contributed by atoms with van der Waals surface area (Å²) < 4.78 is 10.1. The summed E-state index contributed by atoms with van der Waals surface area (Å²) in [5, 5.41) is 20.3. The molecule has 1 saturated carbocycles. The number of aliphatic hydroxyl groups excluding tert-OH is 2. The van der Waals surface area contributed by atoms with Crippen LogP contribution in [-0.2, 0) is 14.3 Å². The second-order valence-corrected chi connectivity index (χ2v) is 6.82. The predicted octanol–water partition coefficient (Wildman–Crippen LogP) is 2.45. The number of carbonyl (C=O) groups is 2. The highest BCUT2D eigenvalue weighted by molar-refractivity contribution is 5.84. The van der Waals surface area contributed by atoms with Crippen LogP contribution in [0.25, 0.3) is 0 Å². The molecule has 0 heterocycles. The quantitative estimate of drug-likeness (QED) is 0.472. The van der Waals surface area contributed by atoms with Crippen LogP contribution >= 0.6 is 0 Å². The molecule has 1 unspecified atom stereocenters. The molecular formula is C22H28O6. The number of para-hydroxylation sites is 1. The van der Waals surface area contributed by atoms with Gasteiger partial charge in [0.2, 0.25) is 0 Å². The number of hydrogen-bond acceptors (Lipinski definition) is 6. The number of Topliss-reactive ketones (excluding diaryl/α,β-unsaturated/α-hetero) is 1. The van der Waals surface area contributed by atoms with Crippen LogP contribution in [0.5, 0.6) is 5.75 Å². The summed E-state index contributed by atoms with van der Waals surface area (Å²) in [6.45, 7) is 0.0926. The van der Waals surface area contributed by atoms with Crippen molar-refractivity contribution in [2.75, 3.05) is 13.7 Å². The lowest BCUT2D eigenvalue weighted by atomic mass is 9.90. The molecule has 0 aliphatic heterocycles. The molecule has 0 amide bonds. The van der Waals surface area contributed by atoms with Gasteiger partial charge in [0.05, 0.1) is 13.2 Å². The summed E-state index contributed by atoms with van der Waals surface area (Å²) in [5.74, 6) is -0.271. The largest absolute Gasteiger partial charge is 0.491 e. The van der Waals surface area contributed by atoms with E-state index < -0.39 is 12.2 Å². The molecule has 1 aromatic carbocycles. The van der Waals surface area contributed by atoms with Gasteiger partial charge in [-0.25, -0.2) is 0 Å². The third-order valence-corrected chi connectivity index (χ3v) is 4.75. The zero-order valence-corrected chi connectivity index (χ0v) is 16.1. The minimum Gasteiger partial charge on any atom is -0.491 e. The van der Waals surface area contributed by atoms with E-state index >= 15 is 0 Å². The molecule has 2 N–H and O–H groups in total. The number of methoxy groups -OCH3 is 1. The molecule has 2 rings (SSSR count). The van der Waals surface area contributed by atoms with Crippen LogP contribution in [0.3, 0.4) is 0 Å². The second kappa shape index (κ2) is 11.4. The number of allylic oxidation sites excluding steroid dienone is 2. The molecule has 0 radical (unpaired) electrons. The van der Waals surface area contributed by atoms with E-state index in [-0.39, 0.29) is 36.6 Å². The summed E-state index contributed by atoms with van der Waals surface area (Å²) >= 11 is 0. The average molecular weight is 388 g/mol. The minimum atomic E-state index is -0.834. The average Bonchev–Trinajstić information content (AvgIpc) is 2.97. The lowest BCUT2D eigenvalue weighted by Gasteiger charge is -2.17. The highest BCUT2D eigenvalue weighted by atomic mass is 16.5. The Hall–Kier alpha value is -2.44. The van der Waals surface area contributed by atoms with Crippen LogP contribution in [0, 0.1) is 11.8 Å². The molecule has 1 aliphatic rings. The van der Waals surface area contributed by atoms with Crippen LogP contribution in [0.4, 0.5) is 0 Å². The standard InChI is InChI=1S/C22H28O6/c1-27-22(26)11-7-3-6-10-18-19(21(25)14-20(18)24)13-12-16(23)15-28-17-8-4-2-5-9-17/h2-6,8-9,12-13,16,18-19,21,23,25H,7,10-11,14-15H2,1H3/b6-3+,13-12+/t16-,18+,19+,21?/m0/s1. The van der Waals surface area contributed by atoms with Gasteiger partial charge in [-0.1, -0.05) is 42.5 Å². The molecule has 0 aromatic heterocycles. The monoisotopic (exact) mass is 388 g/mol. The van der Waals surface area contributed by atoms with E-state index in [9.17, 15) is 19.8 Å². The van der Waals surface area contributed by atoms with E-state index in [0.717, 1.165) is 0 Å². The van der Waals surface area contributed by atoms with Crippen molar-refractivity contribution in [2.24, 2.45) is 11.8 Å². The number of benzene rings is 1. The van der Waals surface area contributed by atoms with Crippen molar-refractivity contribution < 1.29 is 29.3 Å². The Kier molecular flexibility index (Phi) is 8.91. The smallest absolute Gasteiger partial charge is 0.305 e. The van der Waals surface area contributed by atoms with E-state index in [4.69, 9.17) is 4.74 Å². The summed E-state index contributed by atoms with van der Waals surface area (Å²) in [7, 11) is 1.35. The molecule has 6 nitrogen and oxygen atoms in total. The van der Waals surface area contributed by atoms with E-state index in [2.05, 4.69) is 4.74 Å². The predicted molar refractivity (Wildman–Crippen MR) is 105 cm³/mol. The van der Waals surface area contributed by atoms with E-state index in [0.29, 0.717) is 25.0 Å². The van der Waals surface area contributed by atoms with Gasteiger partial charge < -0.3 is 19.7 Å². The highest BCUT2D eigenvalue weighted by Gasteiger charge is 2.39. The first-order chi connectivity index (χ1) is 13.5. The number of ether oxygens (including phenoxy) is 2. The first-order valence-corrected chi connectivity index (χ1v) is 9.48. The Bertz CT molecular complexity index is 682. The molecule has 28 heavy (non-hydrogen) atoms. The number of ketones is 1. The number of hydrogen-bond donors (Lipinski definition) is 2. The van der Waals surface area contributed by atoms with Crippen molar-refractivity contribution in [3.8, 4) is 5.75 Å². The molecule has 0 saturated heterocycles. The fraction of sp³-hybridized carbons (Fsp3) is 0.455. The van der Waals surface area contributed by atoms with Crippen molar-refractivity contribution in [1.29, 1.82) is 0 Å². The van der Waals surface area contributed by atoms with Crippen LogP contribution in [0.1, 0.15) is 25.7 Å². The van der Waals surface area contributed by atoms with Gasteiger partial charge in [-0.15, -0.1) is 0 Å². The third kappa shape index (κ3) is 6.94. The van der Waals surface area contributed by atoms with Gasteiger partial charge in [-0.2, -0.15) is 0 Å².